The van der Waals surface area contributed by atoms with E-state index in [0.29, 0.717) is 45.2 Å². The van der Waals surface area contributed by atoms with E-state index in [1.807, 2.05) is 19.1 Å². The second-order valence-corrected chi connectivity index (χ2v) is 12.3. The number of amides is 2. The highest BCUT2D eigenvalue weighted by Gasteiger charge is 2.28. The summed E-state index contributed by atoms with van der Waals surface area (Å²) in [6, 6.07) is 11.5. The fourth-order valence-corrected chi connectivity index (χ4v) is 7.10. The first-order valence-corrected chi connectivity index (χ1v) is 16.4. The summed E-state index contributed by atoms with van der Waals surface area (Å²) in [5.41, 5.74) is 2.50. The number of hydrogen-bond donors (Lipinski definition) is 2. The first kappa shape index (κ1) is 32.6. The molecular weight excluding hydrogens is 633 g/mol. The summed E-state index contributed by atoms with van der Waals surface area (Å²) in [6.45, 7) is 5.93. The number of esters is 1. The highest BCUT2D eigenvalue weighted by atomic mass is 32.2. The van der Waals surface area contributed by atoms with Crippen molar-refractivity contribution in [2.75, 3.05) is 24.3 Å². The summed E-state index contributed by atoms with van der Waals surface area (Å²) in [6.07, 6.45) is 2.60. The number of nitrogens with zero attached hydrogens (tertiary/aromatic N) is 4. The van der Waals surface area contributed by atoms with Gasteiger partial charge in [0.1, 0.15) is 10.8 Å². The van der Waals surface area contributed by atoms with Crippen LogP contribution >= 0.6 is 23.1 Å². The highest BCUT2D eigenvalue weighted by molar-refractivity contribution is 7.99. The van der Waals surface area contributed by atoms with Gasteiger partial charge in [-0.05, 0) is 75.9 Å². The third-order valence-electron chi connectivity index (χ3n) is 7.17. The smallest absolute Gasteiger partial charge is 0.341 e. The van der Waals surface area contributed by atoms with E-state index in [4.69, 9.17) is 9.47 Å². The Morgan fingerprint density at radius 3 is 2.59 bits per heavy atom. The fraction of sp³-hybridized carbons (Fsp3) is 0.323. The number of rotatable bonds is 13. The molecule has 2 N–H and O–H groups in total. The minimum atomic E-state index is -0.531. The topological polar surface area (TPSA) is 168 Å². The molecule has 0 saturated heterocycles. The van der Waals surface area contributed by atoms with Crippen LogP contribution in [0.3, 0.4) is 0 Å². The molecule has 0 bridgehead atoms. The lowest BCUT2D eigenvalue weighted by Crippen LogP contribution is -2.25. The Kier molecular flexibility index (Phi) is 10.3. The summed E-state index contributed by atoms with van der Waals surface area (Å²) < 4.78 is 12.5. The molecule has 13 nitrogen and oxygen atoms in total. The predicted octanol–water partition coefficient (Wildman–Crippen LogP) is 5.27. The largest absolute Gasteiger partial charge is 0.494 e. The van der Waals surface area contributed by atoms with Crippen LogP contribution in [-0.2, 0) is 28.9 Å². The molecule has 2 aromatic heterocycles. The average Bonchev–Trinajstić information content (AvgIpc) is 3.74. The van der Waals surface area contributed by atoms with Crippen LogP contribution in [0.1, 0.15) is 62.8 Å². The van der Waals surface area contributed by atoms with Crippen molar-refractivity contribution in [3.8, 4) is 11.4 Å². The Labute approximate surface area is 272 Å². The minimum absolute atomic E-state index is 0.0284. The summed E-state index contributed by atoms with van der Waals surface area (Å²) in [5.74, 6) is -0.262. The van der Waals surface area contributed by atoms with Gasteiger partial charge in [0.05, 0.1) is 36.0 Å². The highest BCUT2D eigenvalue weighted by Crippen LogP contribution is 2.39. The standard InChI is InChI=1S/C31H32N6O7S2/c1-4-43-21-13-11-20(12-14-21)36-25(16-32-28(39)19-10-9-18(3)23(15-19)37(41)42)34-35-31(36)45-17-26(38)33-29-27(30(40)44-5-2)22-7-6-8-24(22)46-29/h9-15H,4-8,16-17H2,1-3H3,(H,32,39)(H,33,38). The molecular formula is C31H32N6O7S2. The molecule has 2 amide bonds. The number of aromatic nitrogens is 3. The summed E-state index contributed by atoms with van der Waals surface area (Å²) in [5, 5.41) is 26.5. The van der Waals surface area contributed by atoms with Gasteiger partial charge in [-0.3, -0.25) is 24.3 Å². The third kappa shape index (κ3) is 7.21. The van der Waals surface area contributed by atoms with Gasteiger partial charge in [0.2, 0.25) is 5.91 Å². The third-order valence-corrected chi connectivity index (χ3v) is 9.30. The maximum atomic E-state index is 13.1. The molecule has 2 heterocycles. The number of nitro benzene ring substituents is 1. The van der Waals surface area contributed by atoms with Crippen molar-refractivity contribution in [2.24, 2.45) is 0 Å². The summed E-state index contributed by atoms with van der Waals surface area (Å²) in [4.78, 5) is 50.7. The summed E-state index contributed by atoms with van der Waals surface area (Å²) in [7, 11) is 0. The number of nitro groups is 1. The number of ether oxygens (including phenoxy) is 2. The monoisotopic (exact) mass is 664 g/mol. The second-order valence-electron chi connectivity index (χ2n) is 10.2. The SMILES string of the molecule is CCOC(=O)c1c(NC(=O)CSc2nnc(CNC(=O)c3ccc(C)c([N+](=O)[O-])c3)n2-c2ccc(OCC)cc2)sc2c1CCC2. The number of anilines is 1. The van der Waals surface area contributed by atoms with Crippen LogP contribution in [0.4, 0.5) is 10.7 Å². The number of fused-ring (bicyclic) bond motifs is 1. The van der Waals surface area contributed by atoms with Gasteiger partial charge in [0.25, 0.3) is 11.6 Å². The zero-order chi connectivity index (χ0) is 32.8. The number of benzene rings is 2. The number of carbonyl (C=O) groups is 3. The molecule has 1 aliphatic rings. The van der Waals surface area contributed by atoms with E-state index in [1.54, 1.807) is 30.5 Å². The van der Waals surface area contributed by atoms with Crippen LogP contribution < -0.4 is 15.4 Å². The van der Waals surface area contributed by atoms with Gasteiger partial charge in [0.15, 0.2) is 11.0 Å². The maximum Gasteiger partial charge on any atom is 0.341 e. The quantitative estimate of drug-likeness (QED) is 0.0832. The minimum Gasteiger partial charge on any atom is -0.494 e. The van der Waals surface area contributed by atoms with Crippen LogP contribution in [0.15, 0.2) is 47.6 Å². The Balaban J connectivity index is 1.34. The van der Waals surface area contributed by atoms with E-state index in [-0.39, 0.29) is 36.1 Å². The molecule has 240 valence electrons. The lowest BCUT2D eigenvalue weighted by molar-refractivity contribution is -0.385. The number of hydrogen-bond acceptors (Lipinski definition) is 11. The van der Waals surface area contributed by atoms with Crippen molar-refractivity contribution in [2.45, 2.75) is 51.7 Å². The Hall–Kier alpha value is -4.76. The molecule has 4 aromatic rings. The molecule has 46 heavy (non-hydrogen) atoms. The lowest BCUT2D eigenvalue weighted by Gasteiger charge is -2.12. The first-order chi connectivity index (χ1) is 22.2. The summed E-state index contributed by atoms with van der Waals surface area (Å²) >= 11 is 2.55. The maximum absolute atomic E-state index is 13.1. The van der Waals surface area contributed by atoms with Gasteiger partial charge in [-0.2, -0.15) is 0 Å². The lowest BCUT2D eigenvalue weighted by atomic mass is 10.1. The van der Waals surface area contributed by atoms with Crippen LogP contribution in [0, 0.1) is 17.0 Å². The van der Waals surface area contributed by atoms with Gasteiger partial charge in [-0.25, -0.2) is 4.79 Å². The van der Waals surface area contributed by atoms with Gasteiger partial charge >= 0.3 is 5.97 Å². The van der Waals surface area contributed by atoms with Gasteiger partial charge in [-0.1, -0.05) is 17.8 Å². The number of aryl methyl sites for hydroxylation is 2. The predicted molar refractivity (Wildman–Crippen MR) is 173 cm³/mol. The zero-order valence-electron chi connectivity index (χ0n) is 25.5. The first-order valence-electron chi connectivity index (χ1n) is 14.6. The van der Waals surface area contributed by atoms with E-state index in [9.17, 15) is 24.5 Å². The van der Waals surface area contributed by atoms with E-state index >= 15 is 0 Å². The Morgan fingerprint density at radius 1 is 1.09 bits per heavy atom. The Bertz CT molecular complexity index is 1780. The zero-order valence-corrected chi connectivity index (χ0v) is 27.1. The van der Waals surface area contributed by atoms with Crippen molar-refractivity contribution < 1.29 is 28.8 Å². The second kappa shape index (κ2) is 14.6. The average molecular weight is 665 g/mol. The van der Waals surface area contributed by atoms with Gasteiger partial charge in [0, 0.05) is 27.8 Å². The van der Waals surface area contributed by atoms with Crippen LogP contribution in [0.5, 0.6) is 5.75 Å². The van der Waals surface area contributed by atoms with Crippen molar-refractivity contribution in [3.63, 3.8) is 0 Å². The van der Waals surface area contributed by atoms with Crippen molar-refractivity contribution >= 4 is 51.6 Å². The molecule has 0 saturated carbocycles. The van der Waals surface area contributed by atoms with Crippen molar-refractivity contribution in [1.29, 1.82) is 0 Å². The molecule has 0 spiro atoms. The fourth-order valence-electron chi connectivity index (χ4n) is 5.04. The molecule has 0 atom stereocenters. The van der Waals surface area contributed by atoms with Crippen LogP contribution in [0.2, 0.25) is 0 Å². The van der Waals surface area contributed by atoms with Crippen LogP contribution in [-0.4, -0.2) is 56.4 Å². The van der Waals surface area contributed by atoms with E-state index < -0.39 is 16.8 Å². The van der Waals surface area contributed by atoms with Crippen molar-refractivity contribution in [3.05, 3.63) is 85.5 Å². The van der Waals surface area contributed by atoms with Crippen LogP contribution in [0.25, 0.3) is 5.69 Å². The molecule has 2 aromatic carbocycles. The number of thiophene rings is 1. The van der Waals surface area contributed by atoms with Gasteiger partial charge < -0.3 is 20.1 Å². The van der Waals surface area contributed by atoms with E-state index in [0.717, 1.165) is 41.5 Å². The number of carbonyl (C=O) groups excluding carboxylic acids is 3. The molecule has 0 fully saturated rings. The molecule has 0 unspecified atom stereocenters. The number of thioether (sulfide) groups is 1. The Morgan fingerprint density at radius 2 is 1.87 bits per heavy atom. The molecule has 5 rings (SSSR count). The molecule has 0 radical (unpaired) electrons. The molecule has 15 heteroatoms. The van der Waals surface area contributed by atoms with Gasteiger partial charge in [-0.15, -0.1) is 21.5 Å². The number of nitrogens with one attached hydrogen (secondary N) is 2. The van der Waals surface area contributed by atoms with E-state index in [1.165, 1.54) is 29.5 Å². The molecule has 0 aliphatic heterocycles. The molecule has 1 aliphatic carbocycles. The van der Waals surface area contributed by atoms with E-state index in [2.05, 4.69) is 20.8 Å². The van der Waals surface area contributed by atoms with Crippen molar-refractivity contribution in [1.82, 2.24) is 20.1 Å². The normalized spacial score (nSPS) is 12.0.